The first kappa shape index (κ1) is 15.1. The van der Waals surface area contributed by atoms with Crippen molar-refractivity contribution in [1.29, 1.82) is 0 Å². The second-order valence-corrected chi connectivity index (χ2v) is 7.10. The number of nitrogens with one attached hydrogen (secondary N) is 1. The monoisotopic (exact) mass is 286 g/mol. The SMILES string of the molecule is CC1CNC(Cc2ccccc2)CN1CC1CCCCC1. The van der Waals surface area contributed by atoms with Crippen molar-refractivity contribution in [1.82, 2.24) is 10.2 Å². The average molecular weight is 286 g/mol. The van der Waals surface area contributed by atoms with E-state index in [9.17, 15) is 0 Å². The van der Waals surface area contributed by atoms with Crippen LogP contribution in [0.3, 0.4) is 0 Å². The Labute approximate surface area is 129 Å². The number of benzene rings is 1. The van der Waals surface area contributed by atoms with Crippen LogP contribution in [0.15, 0.2) is 30.3 Å². The minimum Gasteiger partial charge on any atom is -0.311 e. The van der Waals surface area contributed by atoms with Gasteiger partial charge in [0.15, 0.2) is 0 Å². The lowest BCUT2D eigenvalue weighted by molar-refractivity contribution is 0.108. The first-order valence-electron chi connectivity index (χ1n) is 8.82. The van der Waals surface area contributed by atoms with Crippen LogP contribution in [0.4, 0.5) is 0 Å². The largest absolute Gasteiger partial charge is 0.311 e. The maximum atomic E-state index is 3.74. The van der Waals surface area contributed by atoms with Gasteiger partial charge in [0.25, 0.3) is 0 Å². The molecule has 1 heterocycles. The minimum absolute atomic E-state index is 0.618. The summed E-state index contributed by atoms with van der Waals surface area (Å²) >= 11 is 0. The molecule has 1 N–H and O–H groups in total. The highest BCUT2D eigenvalue weighted by Gasteiger charge is 2.27. The van der Waals surface area contributed by atoms with Crippen molar-refractivity contribution < 1.29 is 0 Å². The van der Waals surface area contributed by atoms with Crippen LogP contribution in [0.1, 0.15) is 44.6 Å². The summed E-state index contributed by atoms with van der Waals surface area (Å²) < 4.78 is 0. The zero-order valence-electron chi connectivity index (χ0n) is 13.4. The quantitative estimate of drug-likeness (QED) is 0.911. The highest BCUT2D eigenvalue weighted by atomic mass is 15.2. The van der Waals surface area contributed by atoms with E-state index in [0.717, 1.165) is 18.9 Å². The van der Waals surface area contributed by atoms with E-state index >= 15 is 0 Å². The Kier molecular flexibility index (Phi) is 5.32. The molecule has 1 saturated heterocycles. The number of nitrogens with zero attached hydrogens (tertiary/aromatic N) is 1. The molecule has 2 aliphatic rings. The van der Waals surface area contributed by atoms with Crippen LogP contribution >= 0.6 is 0 Å². The number of rotatable bonds is 4. The van der Waals surface area contributed by atoms with Crippen molar-refractivity contribution in [3.05, 3.63) is 35.9 Å². The summed E-state index contributed by atoms with van der Waals surface area (Å²) in [5, 5.41) is 3.74. The molecule has 2 unspecified atom stereocenters. The molecule has 1 aromatic rings. The van der Waals surface area contributed by atoms with Crippen molar-refractivity contribution in [2.75, 3.05) is 19.6 Å². The van der Waals surface area contributed by atoms with Gasteiger partial charge < -0.3 is 5.32 Å². The molecule has 1 aliphatic carbocycles. The van der Waals surface area contributed by atoms with Gasteiger partial charge in [0, 0.05) is 31.7 Å². The zero-order chi connectivity index (χ0) is 14.5. The fourth-order valence-electron chi connectivity index (χ4n) is 3.99. The van der Waals surface area contributed by atoms with Crippen LogP contribution < -0.4 is 5.32 Å². The number of piperazine rings is 1. The molecule has 1 saturated carbocycles. The molecule has 1 aliphatic heterocycles. The zero-order valence-corrected chi connectivity index (χ0v) is 13.4. The summed E-state index contributed by atoms with van der Waals surface area (Å²) in [6.07, 6.45) is 8.45. The predicted molar refractivity (Wildman–Crippen MR) is 89.5 cm³/mol. The summed E-state index contributed by atoms with van der Waals surface area (Å²) in [5.41, 5.74) is 1.46. The molecule has 2 fully saturated rings. The number of hydrogen-bond donors (Lipinski definition) is 1. The van der Waals surface area contributed by atoms with Crippen LogP contribution in [0.5, 0.6) is 0 Å². The highest BCUT2D eigenvalue weighted by Crippen LogP contribution is 2.25. The fourth-order valence-corrected chi connectivity index (χ4v) is 3.99. The molecule has 0 bridgehead atoms. The highest BCUT2D eigenvalue weighted by molar-refractivity contribution is 5.16. The number of hydrogen-bond acceptors (Lipinski definition) is 2. The second kappa shape index (κ2) is 7.42. The molecule has 2 heteroatoms. The van der Waals surface area contributed by atoms with Crippen LogP contribution in [0, 0.1) is 5.92 Å². The topological polar surface area (TPSA) is 15.3 Å². The molecule has 21 heavy (non-hydrogen) atoms. The standard InChI is InChI=1S/C19H30N2/c1-16-13-20-19(12-17-8-4-2-5-9-17)15-21(16)14-18-10-6-3-7-11-18/h2,4-5,8-9,16,18-20H,3,6-7,10-15H2,1H3. The Hall–Kier alpha value is -0.860. The second-order valence-electron chi connectivity index (χ2n) is 7.10. The summed E-state index contributed by atoms with van der Waals surface area (Å²) in [4.78, 5) is 2.75. The minimum atomic E-state index is 0.618. The van der Waals surface area contributed by atoms with Crippen LogP contribution in [-0.2, 0) is 6.42 Å². The molecule has 1 aromatic carbocycles. The van der Waals surface area contributed by atoms with E-state index in [1.807, 2.05) is 0 Å². The van der Waals surface area contributed by atoms with Crippen molar-refractivity contribution >= 4 is 0 Å². The Morgan fingerprint density at radius 2 is 1.86 bits per heavy atom. The summed E-state index contributed by atoms with van der Waals surface area (Å²) in [6.45, 7) is 6.07. The van der Waals surface area contributed by atoms with Crippen molar-refractivity contribution in [3.8, 4) is 0 Å². The van der Waals surface area contributed by atoms with Gasteiger partial charge in [-0.1, -0.05) is 49.6 Å². The first-order valence-corrected chi connectivity index (χ1v) is 8.82. The average Bonchev–Trinajstić information content (AvgIpc) is 2.53. The van der Waals surface area contributed by atoms with Crippen LogP contribution in [0.25, 0.3) is 0 Å². The fraction of sp³-hybridized carbons (Fsp3) is 0.684. The third kappa shape index (κ3) is 4.31. The van der Waals surface area contributed by atoms with E-state index in [2.05, 4.69) is 47.5 Å². The van der Waals surface area contributed by atoms with Crippen molar-refractivity contribution in [2.24, 2.45) is 5.92 Å². The third-order valence-corrected chi connectivity index (χ3v) is 5.32. The smallest absolute Gasteiger partial charge is 0.0236 e. The van der Waals surface area contributed by atoms with E-state index in [4.69, 9.17) is 0 Å². The maximum Gasteiger partial charge on any atom is 0.0236 e. The Morgan fingerprint density at radius 3 is 2.62 bits per heavy atom. The van der Waals surface area contributed by atoms with Crippen LogP contribution in [-0.4, -0.2) is 36.6 Å². The summed E-state index contributed by atoms with van der Waals surface area (Å²) in [5.74, 6) is 0.955. The van der Waals surface area contributed by atoms with Gasteiger partial charge in [0.2, 0.25) is 0 Å². The van der Waals surface area contributed by atoms with Crippen molar-refractivity contribution in [3.63, 3.8) is 0 Å². The molecule has 0 amide bonds. The van der Waals surface area contributed by atoms with Gasteiger partial charge >= 0.3 is 0 Å². The van der Waals surface area contributed by atoms with Gasteiger partial charge in [-0.3, -0.25) is 4.90 Å². The molecule has 2 nitrogen and oxygen atoms in total. The lowest BCUT2D eigenvalue weighted by Crippen LogP contribution is -2.57. The molecule has 3 rings (SSSR count). The lowest BCUT2D eigenvalue weighted by Gasteiger charge is -2.41. The van der Waals surface area contributed by atoms with Gasteiger partial charge in [-0.05, 0) is 37.7 Å². The van der Waals surface area contributed by atoms with E-state index < -0.39 is 0 Å². The summed E-state index contributed by atoms with van der Waals surface area (Å²) in [7, 11) is 0. The molecule has 116 valence electrons. The normalized spacial score (nSPS) is 28.6. The molecular formula is C19H30N2. The van der Waals surface area contributed by atoms with Gasteiger partial charge in [-0.15, -0.1) is 0 Å². The lowest BCUT2D eigenvalue weighted by atomic mass is 9.88. The molecule has 0 spiro atoms. The Bertz CT molecular complexity index is 411. The van der Waals surface area contributed by atoms with E-state index in [1.165, 1.54) is 50.8 Å². The van der Waals surface area contributed by atoms with Gasteiger partial charge in [0.05, 0.1) is 0 Å². The van der Waals surface area contributed by atoms with E-state index in [1.54, 1.807) is 0 Å². The van der Waals surface area contributed by atoms with E-state index in [-0.39, 0.29) is 0 Å². The maximum absolute atomic E-state index is 3.74. The summed E-state index contributed by atoms with van der Waals surface area (Å²) in [6, 6.07) is 12.2. The van der Waals surface area contributed by atoms with Crippen molar-refractivity contribution in [2.45, 2.75) is 57.5 Å². The Balaban J connectivity index is 1.54. The van der Waals surface area contributed by atoms with Gasteiger partial charge in [-0.25, -0.2) is 0 Å². The molecule has 0 aromatic heterocycles. The van der Waals surface area contributed by atoms with E-state index in [0.29, 0.717) is 12.1 Å². The van der Waals surface area contributed by atoms with Gasteiger partial charge in [0.1, 0.15) is 0 Å². The predicted octanol–water partition coefficient (Wildman–Crippen LogP) is 3.47. The third-order valence-electron chi connectivity index (χ3n) is 5.32. The van der Waals surface area contributed by atoms with Crippen LogP contribution in [0.2, 0.25) is 0 Å². The molecular weight excluding hydrogens is 256 g/mol. The van der Waals surface area contributed by atoms with Gasteiger partial charge in [-0.2, -0.15) is 0 Å². The molecule has 2 atom stereocenters. The first-order chi connectivity index (χ1) is 10.3. The Morgan fingerprint density at radius 1 is 1.10 bits per heavy atom. The molecule has 0 radical (unpaired) electrons.